The molecular weight excluding hydrogens is 252 g/mol. The molecule has 0 aliphatic rings. The van der Waals surface area contributed by atoms with Crippen LogP contribution in [0, 0.1) is 4.77 Å². The number of aromatic amines is 1. The molecule has 0 radical (unpaired) electrons. The summed E-state index contributed by atoms with van der Waals surface area (Å²) in [6.45, 7) is 0.272. The van der Waals surface area contributed by atoms with Crippen LogP contribution < -0.4 is 5.56 Å². The van der Waals surface area contributed by atoms with Crippen molar-refractivity contribution < 1.29 is 4.42 Å². The van der Waals surface area contributed by atoms with Gasteiger partial charge >= 0.3 is 0 Å². The van der Waals surface area contributed by atoms with Crippen LogP contribution in [0.3, 0.4) is 0 Å². The monoisotopic (exact) mass is 260 g/mol. The standard InChI is InChI=1S/C11H8N4O2S/c16-10-8-9(13-4-3-12-8)14-11(18)15(10)6-7-2-1-5-17-7/h1-5H,6H2,(H,13,14,18). The molecule has 1 N–H and O–H groups in total. The van der Waals surface area contributed by atoms with Crippen LogP contribution in [0.5, 0.6) is 0 Å². The van der Waals surface area contributed by atoms with Crippen LogP contribution in [0.1, 0.15) is 5.76 Å². The van der Waals surface area contributed by atoms with E-state index < -0.39 is 0 Å². The number of furan rings is 1. The molecular formula is C11H8N4O2S. The van der Waals surface area contributed by atoms with Crippen molar-refractivity contribution >= 4 is 23.4 Å². The minimum absolute atomic E-state index is 0.262. The molecule has 0 aliphatic carbocycles. The van der Waals surface area contributed by atoms with Crippen molar-refractivity contribution in [2.24, 2.45) is 0 Å². The molecule has 6 nitrogen and oxygen atoms in total. The first-order valence-corrected chi connectivity index (χ1v) is 5.63. The summed E-state index contributed by atoms with van der Waals surface area (Å²) in [5.74, 6) is 0.653. The van der Waals surface area contributed by atoms with Gasteiger partial charge in [-0.2, -0.15) is 0 Å². The van der Waals surface area contributed by atoms with Gasteiger partial charge in [-0.05, 0) is 24.4 Å². The van der Waals surface area contributed by atoms with Crippen LogP contribution in [-0.4, -0.2) is 19.5 Å². The molecule has 90 valence electrons. The molecule has 18 heavy (non-hydrogen) atoms. The topological polar surface area (TPSA) is 76.7 Å². The molecule has 0 amide bonds. The predicted octanol–water partition coefficient (Wildman–Crippen LogP) is 1.49. The van der Waals surface area contributed by atoms with Gasteiger partial charge in [0.2, 0.25) is 0 Å². The van der Waals surface area contributed by atoms with Gasteiger partial charge in [-0.3, -0.25) is 9.36 Å². The fourth-order valence-electron chi connectivity index (χ4n) is 1.68. The molecule has 0 spiro atoms. The van der Waals surface area contributed by atoms with Gasteiger partial charge in [0.15, 0.2) is 15.9 Å². The summed E-state index contributed by atoms with van der Waals surface area (Å²) in [6, 6.07) is 3.54. The first kappa shape index (κ1) is 10.8. The van der Waals surface area contributed by atoms with E-state index in [0.29, 0.717) is 16.2 Å². The normalized spacial score (nSPS) is 10.9. The summed E-state index contributed by atoms with van der Waals surface area (Å²) in [5, 5.41) is 0. The lowest BCUT2D eigenvalue weighted by Gasteiger charge is -2.04. The Morgan fingerprint density at radius 3 is 3.00 bits per heavy atom. The van der Waals surface area contributed by atoms with E-state index in [2.05, 4.69) is 15.0 Å². The molecule has 0 bridgehead atoms. The van der Waals surface area contributed by atoms with Crippen molar-refractivity contribution in [1.29, 1.82) is 0 Å². The van der Waals surface area contributed by atoms with E-state index in [1.165, 1.54) is 17.0 Å². The highest BCUT2D eigenvalue weighted by atomic mass is 32.1. The van der Waals surface area contributed by atoms with Crippen LogP contribution >= 0.6 is 12.2 Å². The van der Waals surface area contributed by atoms with Crippen LogP contribution in [0.4, 0.5) is 0 Å². The van der Waals surface area contributed by atoms with Gasteiger partial charge in [0.05, 0.1) is 12.8 Å². The van der Waals surface area contributed by atoms with E-state index in [1.807, 2.05) is 0 Å². The third-order valence-electron chi connectivity index (χ3n) is 2.51. The van der Waals surface area contributed by atoms with E-state index in [9.17, 15) is 4.79 Å². The predicted molar refractivity (Wildman–Crippen MR) is 66.8 cm³/mol. The zero-order chi connectivity index (χ0) is 12.5. The fraction of sp³-hybridized carbons (Fsp3) is 0.0909. The molecule has 3 heterocycles. The van der Waals surface area contributed by atoms with Gasteiger partial charge in [-0.25, -0.2) is 9.97 Å². The number of aromatic nitrogens is 4. The summed E-state index contributed by atoms with van der Waals surface area (Å²) in [5.41, 5.74) is 0.374. The zero-order valence-corrected chi connectivity index (χ0v) is 9.98. The Bertz CT molecular complexity index is 804. The molecule has 0 atom stereocenters. The van der Waals surface area contributed by atoms with E-state index in [4.69, 9.17) is 16.6 Å². The number of fused-ring (bicyclic) bond motifs is 1. The molecule has 7 heteroatoms. The van der Waals surface area contributed by atoms with Crippen molar-refractivity contribution in [2.45, 2.75) is 6.54 Å². The van der Waals surface area contributed by atoms with Gasteiger partial charge in [-0.15, -0.1) is 0 Å². The number of hydrogen-bond donors (Lipinski definition) is 1. The number of nitrogens with zero attached hydrogens (tertiary/aromatic N) is 3. The van der Waals surface area contributed by atoms with Crippen LogP contribution in [0.25, 0.3) is 11.2 Å². The Balaban J connectivity index is 2.23. The fourth-order valence-corrected chi connectivity index (χ4v) is 1.92. The maximum atomic E-state index is 12.2. The van der Waals surface area contributed by atoms with Crippen LogP contribution in [-0.2, 0) is 6.54 Å². The van der Waals surface area contributed by atoms with Gasteiger partial charge in [0.1, 0.15) is 5.76 Å². The van der Waals surface area contributed by atoms with Gasteiger partial charge < -0.3 is 9.40 Å². The second kappa shape index (κ2) is 4.19. The quantitative estimate of drug-likeness (QED) is 0.706. The number of H-pyrrole nitrogens is 1. The average Bonchev–Trinajstić information content (AvgIpc) is 2.87. The van der Waals surface area contributed by atoms with Crippen LogP contribution in [0.15, 0.2) is 40.0 Å². The Labute approximate surface area is 106 Å². The molecule has 0 unspecified atom stereocenters. The molecule has 0 aromatic carbocycles. The van der Waals surface area contributed by atoms with Crippen molar-refractivity contribution in [3.63, 3.8) is 0 Å². The van der Waals surface area contributed by atoms with Crippen LogP contribution in [0.2, 0.25) is 0 Å². The Kier molecular flexibility index (Phi) is 2.52. The highest BCUT2D eigenvalue weighted by Crippen LogP contribution is 2.04. The highest BCUT2D eigenvalue weighted by Gasteiger charge is 2.08. The number of hydrogen-bond acceptors (Lipinski definition) is 5. The largest absolute Gasteiger partial charge is 0.467 e. The van der Waals surface area contributed by atoms with Crippen molar-refractivity contribution in [3.05, 3.63) is 51.7 Å². The summed E-state index contributed by atoms with van der Waals surface area (Å²) >= 11 is 5.14. The smallest absolute Gasteiger partial charge is 0.282 e. The average molecular weight is 260 g/mol. The third kappa shape index (κ3) is 1.74. The van der Waals surface area contributed by atoms with E-state index in [-0.39, 0.29) is 17.6 Å². The lowest BCUT2D eigenvalue weighted by atomic mass is 10.4. The molecule has 3 aromatic heterocycles. The molecule has 0 fully saturated rings. The summed E-state index contributed by atoms with van der Waals surface area (Å²) < 4.78 is 6.89. The van der Waals surface area contributed by atoms with Gasteiger partial charge in [0.25, 0.3) is 5.56 Å². The maximum Gasteiger partial charge on any atom is 0.282 e. The van der Waals surface area contributed by atoms with E-state index >= 15 is 0 Å². The zero-order valence-electron chi connectivity index (χ0n) is 9.16. The Hall–Kier alpha value is -2.28. The first-order chi connectivity index (χ1) is 8.75. The highest BCUT2D eigenvalue weighted by molar-refractivity contribution is 7.71. The summed E-state index contributed by atoms with van der Waals surface area (Å²) in [7, 11) is 0. The minimum Gasteiger partial charge on any atom is -0.467 e. The minimum atomic E-state index is -0.279. The van der Waals surface area contributed by atoms with Crippen molar-refractivity contribution in [2.75, 3.05) is 0 Å². The van der Waals surface area contributed by atoms with E-state index in [0.717, 1.165) is 0 Å². The lowest BCUT2D eigenvalue weighted by Crippen LogP contribution is -2.23. The van der Waals surface area contributed by atoms with Crippen molar-refractivity contribution in [3.8, 4) is 0 Å². The summed E-state index contributed by atoms with van der Waals surface area (Å²) in [4.78, 5) is 23.1. The molecule has 0 saturated heterocycles. The first-order valence-electron chi connectivity index (χ1n) is 5.22. The third-order valence-corrected chi connectivity index (χ3v) is 2.83. The number of rotatable bonds is 2. The van der Waals surface area contributed by atoms with E-state index in [1.54, 1.807) is 18.4 Å². The van der Waals surface area contributed by atoms with Gasteiger partial charge in [0, 0.05) is 12.4 Å². The maximum absolute atomic E-state index is 12.2. The Morgan fingerprint density at radius 2 is 2.22 bits per heavy atom. The van der Waals surface area contributed by atoms with Crippen molar-refractivity contribution in [1.82, 2.24) is 19.5 Å². The SMILES string of the molecule is O=c1c2nccnc2[nH]c(=S)n1Cc1ccco1. The molecule has 3 rings (SSSR count). The molecule has 0 aliphatic heterocycles. The molecule has 0 saturated carbocycles. The Morgan fingerprint density at radius 1 is 1.39 bits per heavy atom. The number of nitrogens with one attached hydrogen (secondary N) is 1. The second-order valence-electron chi connectivity index (χ2n) is 3.65. The summed E-state index contributed by atoms with van der Waals surface area (Å²) in [6.07, 6.45) is 4.52. The van der Waals surface area contributed by atoms with Gasteiger partial charge in [-0.1, -0.05) is 0 Å². The molecule has 3 aromatic rings. The lowest BCUT2D eigenvalue weighted by molar-refractivity contribution is 0.487. The second-order valence-corrected chi connectivity index (χ2v) is 4.04.